The molecular formula is C16H14FNO3. The average molecular weight is 287 g/mol. The molecule has 2 aromatic rings. The van der Waals surface area contributed by atoms with E-state index >= 15 is 0 Å². The van der Waals surface area contributed by atoms with Crippen LogP contribution < -0.4 is 9.64 Å². The zero-order valence-corrected chi connectivity index (χ0v) is 11.3. The Kier molecular flexibility index (Phi) is 3.48. The third-order valence-electron chi connectivity index (χ3n) is 3.43. The van der Waals surface area contributed by atoms with Gasteiger partial charge in [0.15, 0.2) is 0 Å². The van der Waals surface area contributed by atoms with Gasteiger partial charge in [-0.1, -0.05) is 12.1 Å². The zero-order chi connectivity index (χ0) is 14.8. The molecule has 0 saturated carbocycles. The number of carboxylic acids is 1. The summed E-state index contributed by atoms with van der Waals surface area (Å²) < 4.78 is 19.9. The number of benzene rings is 2. The third-order valence-corrected chi connectivity index (χ3v) is 3.43. The second kappa shape index (κ2) is 5.44. The molecular weight excluding hydrogens is 273 g/mol. The van der Waals surface area contributed by atoms with Gasteiger partial charge in [0.25, 0.3) is 0 Å². The molecule has 0 amide bonds. The molecule has 0 bridgehead atoms. The predicted octanol–water partition coefficient (Wildman–Crippen LogP) is 3.44. The standard InChI is InChI=1S/C16H14FNO3/c17-12-10-11(16(19)20)6-7-13(12)18-8-3-9-21-15-5-2-1-4-14(15)18/h1-2,4-7,10H,3,8-9H2,(H,19,20). The number of nitrogens with zero attached hydrogens (tertiary/aromatic N) is 1. The van der Waals surface area contributed by atoms with E-state index in [1.54, 1.807) is 0 Å². The Labute approximate surface area is 121 Å². The number of ether oxygens (including phenoxy) is 1. The van der Waals surface area contributed by atoms with E-state index in [4.69, 9.17) is 9.84 Å². The molecule has 0 radical (unpaired) electrons. The fourth-order valence-corrected chi connectivity index (χ4v) is 2.44. The van der Waals surface area contributed by atoms with Gasteiger partial charge in [0.2, 0.25) is 0 Å². The third kappa shape index (κ3) is 2.54. The van der Waals surface area contributed by atoms with Crippen LogP contribution in [0.5, 0.6) is 5.75 Å². The second-order valence-electron chi connectivity index (χ2n) is 4.79. The van der Waals surface area contributed by atoms with Crippen LogP contribution in [0.3, 0.4) is 0 Å². The van der Waals surface area contributed by atoms with E-state index in [1.165, 1.54) is 12.1 Å². The minimum absolute atomic E-state index is 0.0596. The molecule has 0 saturated heterocycles. The molecule has 0 unspecified atom stereocenters. The molecule has 1 N–H and O–H groups in total. The van der Waals surface area contributed by atoms with Crippen molar-refractivity contribution in [3.8, 4) is 5.75 Å². The summed E-state index contributed by atoms with van der Waals surface area (Å²) in [5, 5.41) is 8.91. The maximum absolute atomic E-state index is 14.3. The minimum atomic E-state index is -1.14. The highest BCUT2D eigenvalue weighted by Gasteiger charge is 2.20. The first-order chi connectivity index (χ1) is 10.2. The second-order valence-corrected chi connectivity index (χ2v) is 4.79. The fourth-order valence-electron chi connectivity index (χ4n) is 2.44. The molecule has 0 atom stereocenters. The molecule has 3 rings (SSSR count). The lowest BCUT2D eigenvalue weighted by atomic mass is 10.1. The highest BCUT2D eigenvalue weighted by Crippen LogP contribution is 2.36. The van der Waals surface area contributed by atoms with Gasteiger partial charge in [-0.3, -0.25) is 0 Å². The number of anilines is 2. The Hall–Kier alpha value is -2.56. The molecule has 0 aliphatic carbocycles. The van der Waals surface area contributed by atoms with Crippen molar-refractivity contribution in [1.82, 2.24) is 0 Å². The van der Waals surface area contributed by atoms with E-state index in [9.17, 15) is 9.18 Å². The Morgan fingerprint density at radius 1 is 1.19 bits per heavy atom. The summed E-state index contributed by atoms with van der Waals surface area (Å²) in [5.41, 5.74) is 1.09. The topological polar surface area (TPSA) is 49.8 Å². The van der Waals surface area contributed by atoms with Crippen molar-refractivity contribution >= 4 is 17.3 Å². The van der Waals surface area contributed by atoms with Gasteiger partial charge in [-0.05, 0) is 36.8 Å². The van der Waals surface area contributed by atoms with Gasteiger partial charge in [-0.25, -0.2) is 9.18 Å². The maximum Gasteiger partial charge on any atom is 0.335 e. The van der Waals surface area contributed by atoms with E-state index in [1.807, 2.05) is 29.2 Å². The minimum Gasteiger partial charge on any atom is -0.491 e. The van der Waals surface area contributed by atoms with Gasteiger partial charge in [0.05, 0.1) is 23.5 Å². The van der Waals surface area contributed by atoms with Crippen LogP contribution in [-0.4, -0.2) is 24.2 Å². The lowest BCUT2D eigenvalue weighted by molar-refractivity contribution is 0.0696. The molecule has 21 heavy (non-hydrogen) atoms. The lowest BCUT2D eigenvalue weighted by Crippen LogP contribution is -2.19. The van der Waals surface area contributed by atoms with Crippen molar-refractivity contribution in [3.05, 3.63) is 53.8 Å². The van der Waals surface area contributed by atoms with Gasteiger partial charge < -0.3 is 14.7 Å². The van der Waals surface area contributed by atoms with E-state index < -0.39 is 11.8 Å². The summed E-state index contributed by atoms with van der Waals surface area (Å²) in [6.07, 6.45) is 0.759. The smallest absolute Gasteiger partial charge is 0.335 e. The Balaban J connectivity index is 2.06. The lowest BCUT2D eigenvalue weighted by Gasteiger charge is -2.24. The highest BCUT2D eigenvalue weighted by atomic mass is 19.1. The number of hydrogen-bond donors (Lipinski definition) is 1. The molecule has 1 aliphatic heterocycles. The first-order valence-corrected chi connectivity index (χ1v) is 6.69. The van der Waals surface area contributed by atoms with Crippen molar-refractivity contribution in [2.75, 3.05) is 18.1 Å². The Bertz CT molecular complexity index is 687. The molecule has 0 fully saturated rings. The highest BCUT2D eigenvalue weighted by molar-refractivity contribution is 5.88. The summed E-state index contributed by atoms with van der Waals surface area (Å²) in [7, 11) is 0. The summed E-state index contributed by atoms with van der Waals surface area (Å²) in [6, 6.07) is 11.4. The molecule has 1 heterocycles. The van der Waals surface area contributed by atoms with E-state index in [0.29, 0.717) is 24.6 Å². The summed E-state index contributed by atoms with van der Waals surface area (Å²) in [6.45, 7) is 1.18. The van der Waals surface area contributed by atoms with Gasteiger partial charge in [-0.15, -0.1) is 0 Å². The van der Waals surface area contributed by atoms with Gasteiger partial charge in [0.1, 0.15) is 11.6 Å². The first kappa shape index (κ1) is 13.4. The van der Waals surface area contributed by atoms with E-state index in [2.05, 4.69) is 0 Å². The first-order valence-electron chi connectivity index (χ1n) is 6.69. The van der Waals surface area contributed by atoms with Crippen LogP contribution in [-0.2, 0) is 0 Å². The zero-order valence-electron chi connectivity index (χ0n) is 11.3. The van der Waals surface area contributed by atoms with Crippen molar-refractivity contribution in [2.45, 2.75) is 6.42 Å². The quantitative estimate of drug-likeness (QED) is 0.919. The number of carbonyl (C=O) groups is 1. The fraction of sp³-hybridized carbons (Fsp3) is 0.188. The molecule has 4 nitrogen and oxygen atoms in total. The Morgan fingerprint density at radius 3 is 2.76 bits per heavy atom. The van der Waals surface area contributed by atoms with Crippen LogP contribution in [0.1, 0.15) is 16.8 Å². The Morgan fingerprint density at radius 2 is 2.00 bits per heavy atom. The van der Waals surface area contributed by atoms with Gasteiger partial charge in [0, 0.05) is 6.54 Å². The van der Waals surface area contributed by atoms with Crippen molar-refractivity contribution < 1.29 is 19.0 Å². The van der Waals surface area contributed by atoms with Crippen molar-refractivity contribution in [2.24, 2.45) is 0 Å². The molecule has 1 aliphatic rings. The number of halogens is 1. The van der Waals surface area contributed by atoms with Crippen LogP contribution in [0.4, 0.5) is 15.8 Å². The summed E-state index contributed by atoms with van der Waals surface area (Å²) >= 11 is 0. The maximum atomic E-state index is 14.3. The SMILES string of the molecule is O=C(O)c1ccc(N2CCCOc3ccccc32)c(F)c1. The number of hydrogen-bond acceptors (Lipinski definition) is 3. The van der Waals surface area contributed by atoms with Crippen LogP contribution in [0.25, 0.3) is 0 Å². The molecule has 2 aromatic carbocycles. The average Bonchev–Trinajstić information content (AvgIpc) is 2.69. The van der Waals surface area contributed by atoms with Crippen LogP contribution in [0.2, 0.25) is 0 Å². The summed E-state index contributed by atoms with van der Waals surface area (Å²) in [5.74, 6) is -0.983. The van der Waals surface area contributed by atoms with Gasteiger partial charge in [-0.2, -0.15) is 0 Å². The predicted molar refractivity (Wildman–Crippen MR) is 76.9 cm³/mol. The molecule has 0 aromatic heterocycles. The number of rotatable bonds is 2. The van der Waals surface area contributed by atoms with E-state index in [-0.39, 0.29) is 5.56 Å². The van der Waals surface area contributed by atoms with Gasteiger partial charge >= 0.3 is 5.97 Å². The molecule has 5 heteroatoms. The van der Waals surface area contributed by atoms with Crippen LogP contribution >= 0.6 is 0 Å². The molecule has 108 valence electrons. The largest absolute Gasteiger partial charge is 0.491 e. The number of fused-ring (bicyclic) bond motifs is 1. The summed E-state index contributed by atoms with van der Waals surface area (Å²) in [4.78, 5) is 12.7. The monoisotopic (exact) mass is 287 g/mol. The van der Waals surface area contributed by atoms with Crippen LogP contribution in [0, 0.1) is 5.82 Å². The van der Waals surface area contributed by atoms with E-state index in [0.717, 1.165) is 18.2 Å². The normalized spacial score (nSPS) is 14.0. The number of aromatic carboxylic acids is 1. The van der Waals surface area contributed by atoms with Crippen molar-refractivity contribution in [3.63, 3.8) is 0 Å². The molecule has 0 spiro atoms. The number of carboxylic acid groups (broad SMARTS) is 1. The van der Waals surface area contributed by atoms with Crippen molar-refractivity contribution in [1.29, 1.82) is 0 Å². The number of para-hydroxylation sites is 2. The van der Waals surface area contributed by atoms with Crippen LogP contribution in [0.15, 0.2) is 42.5 Å².